The van der Waals surface area contributed by atoms with Gasteiger partial charge in [-0.05, 0) is 65.3 Å². The zero-order valence-electron chi connectivity index (χ0n) is 20.9. The molecule has 0 aromatic heterocycles. The third-order valence-electron chi connectivity index (χ3n) is 7.48. The number of allylic oxidation sites excluding steroid dienone is 1. The molecule has 4 aromatic rings. The van der Waals surface area contributed by atoms with E-state index in [-0.39, 0.29) is 17.4 Å². The Bertz CT molecular complexity index is 1520. The fourth-order valence-electron chi connectivity index (χ4n) is 5.80. The minimum absolute atomic E-state index is 0.106. The maximum absolute atomic E-state index is 13.7. The molecule has 0 bridgehead atoms. The van der Waals surface area contributed by atoms with Crippen molar-refractivity contribution in [2.45, 2.75) is 32.9 Å². The molecule has 1 aliphatic carbocycles. The number of carbonyl (C=O) groups is 1. The Hall–Kier alpha value is -3.08. The lowest BCUT2D eigenvalue weighted by Crippen LogP contribution is -2.51. The van der Waals surface area contributed by atoms with Crippen LogP contribution in [0.15, 0.2) is 107 Å². The highest BCUT2D eigenvalue weighted by Gasteiger charge is 2.44. The van der Waals surface area contributed by atoms with E-state index in [1.807, 2.05) is 12.1 Å². The van der Waals surface area contributed by atoms with Crippen LogP contribution in [-0.2, 0) is 4.79 Å². The maximum atomic E-state index is 13.7. The van der Waals surface area contributed by atoms with Crippen molar-refractivity contribution in [3.05, 3.63) is 117 Å². The third kappa shape index (κ3) is 4.47. The smallest absolute Gasteiger partial charge is 0.162 e. The topological polar surface area (TPSA) is 23.6 Å². The maximum Gasteiger partial charge on any atom is 0.162 e. The molecule has 1 heterocycles. The number of carbonyl (C=O) groups excluding carboxylic acids is 1. The third-order valence-corrected chi connectivity index (χ3v) is 8.26. The number of hydrogen-bond acceptors (Lipinski definition) is 3. The first-order valence-corrected chi connectivity index (χ1v) is 13.8. The van der Waals surface area contributed by atoms with Gasteiger partial charge >= 0.3 is 0 Å². The average Bonchev–Trinajstić information content (AvgIpc) is 2.88. The van der Waals surface area contributed by atoms with Gasteiger partial charge in [0.2, 0.25) is 0 Å². The van der Waals surface area contributed by atoms with Crippen molar-refractivity contribution in [3.63, 3.8) is 0 Å². The summed E-state index contributed by atoms with van der Waals surface area (Å²) < 4.78 is 1.04. The second-order valence-corrected chi connectivity index (χ2v) is 12.1. The molecule has 2 aliphatic rings. The van der Waals surface area contributed by atoms with E-state index in [4.69, 9.17) is 11.6 Å². The van der Waals surface area contributed by atoms with E-state index in [9.17, 15) is 4.79 Å². The van der Waals surface area contributed by atoms with Crippen LogP contribution in [0.2, 0.25) is 5.02 Å². The summed E-state index contributed by atoms with van der Waals surface area (Å²) in [5, 5.41) is 3.05. The van der Waals surface area contributed by atoms with Gasteiger partial charge in [0, 0.05) is 38.3 Å². The molecule has 1 aliphatic heterocycles. The molecule has 3 nitrogen and oxygen atoms in total. The first-order chi connectivity index (χ1) is 17.8. The molecule has 186 valence electrons. The zero-order chi connectivity index (χ0) is 25.7. The van der Waals surface area contributed by atoms with Gasteiger partial charge in [-0.15, -0.1) is 0 Å². The van der Waals surface area contributed by atoms with Gasteiger partial charge in [0.1, 0.15) is 6.17 Å². The van der Waals surface area contributed by atoms with Crippen LogP contribution in [-0.4, -0.2) is 12.3 Å². The van der Waals surface area contributed by atoms with Crippen molar-refractivity contribution >= 4 is 55.5 Å². The largest absolute Gasteiger partial charge is 0.342 e. The SMILES string of the molecule is CC1(C)CC(=O)C2=C(C1)N(c1cccc3ccccc13)C(c1ccc(Br)cc1)N(c1ccc(Cl)cc1)C2. The summed E-state index contributed by atoms with van der Waals surface area (Å²) in [4.78, 5) is 18.4. The molecule has 4 aromatic carbocycles. The predicted molar refractivity (Wildman–Crippen MR) is 157 cm³/mol. The van der Waals surface area contributed by atoms with Crippen LogP contribution in [0, 0.1) is 5.41 Å². The Morgan fingerprint density at radius 3 is 2.32 bits per heavy atom. The molecule has 5 heteroatoms. The molecule has 0 N–H and O–H groups in total. The van der Waals surface area contributed by atoms with Gasteiger partial charge in [0.05, 0.1) is 12.2 Å². The van der Waals surface area contributed by atoms with E-state index in [0.717, 1.165) is 39.1 Å². The fraction of sp³-hybridized carbons (Fsp3) is 0.219. The summed E-state index contributed by atoms with van der Waals surface area (Å²) in [6, 6.07) is 31.5. The van der Waals surface area contributed by atoms with Crippen LogP contribution in [0.4, 0.5) is 11.4 Å². The molecule has 0 fully saturated rings. The summed E-state index contributed by atoms with van der Waals surface area (Å²) in [7, 11) is 0. The standard InChI is InChI=1S/C32H28BrClN2O/c1-32(2)18-29-27(30(37)19-32)20-35(25-16-14-24(34)15-17-25)31(22-10-12-23(33)13-11-22)36(29)28-9-5-7-21-6-3-4-8-26(21)28/h3-17,31H,18-20H2,1-2H3. The molecule has 6 rings (SSSR count). The van der Waals surface area contributed by atoms with E-state index in [2.05, 4.69) is 118 Å². The molecular formula is C32H28BrClN2O. The average molecular weight is 572 g/mol. The van der Waals surface area contributed by atoms with Crippen LogP contribution in [0.1, 0.15) is 38.4 Å². The van der Waals surface area contributed by atoms with Crippen LogP contribution < -0.4 is 9.80 Å². The van der Waals surface area contributed by atoms with Gasteiger partial charge in [0.25, 0.3) is 0 Å². The summed E-state index contributed by atoms with van der Waals surface area (Å²) in [6.45, 7) is 4.97. The lowest BCUT2D eigenvalue weighted by atomic mass is 9.74. The lowest BCUT2D eigenvalue weighted by Gasteiger charge is -2.51. The van der Waals surface area contributed by atoms with Crippen LogP contribution in [0.5, 0.6) is 0 Å². The minimum atomic E-state index is -0.138. The second-order valence-electron chi connectivity index (χ2n) is 10.8. The van der Waals surface area contributed by atoms with Crippen molar-refractivity contribution in [1.82, 2.24) is 0 Å². The highest BCUT2D eigenvalue weighted by Crippen LogP contribution is 2.49. The Labute approximate surface area is 231 Å². The van der Waals surface area contributed by atoms with Crippen molar-refractivity contribution in [2.75, 3.05) is 16.3 Å². The number of benzene rings is 4. The Morgan fingerprint density at radius 1 is 0.865 bits per heavy atom. The number of Topliss-reactive ketones (excluding diaryl/α,β-unsaturated/α-hetero) is 1. The van der Waals surface area contributed by atoms with E-state index < -0.39 is 0 Å². The summed E-state index contributed by atoms with van der Waals surface area (Å²) >= 11 is 9.89. The predicted octanol–water partition coefficient (Wildman–Crippen LogP) is 8.92. The van der Waals surface area contributed by atoms with Crippen molar-refractivity contribution in [3.8, 4) is 0 Å². The molecule has 0 amide bonds. The fourth-order valence-corrected chi connectivity index (χ4v) is 6.19. The van der Waals surface area contributed by atoms with E-state index in [0.29, 0.717) is 18.0 Å². The molecule has 0 saturated heterocycles. The summed E-state index contributed by atoms with van der Waals surface area (Å²) in [5.74, 6) is 0.240. The quantitative estimate of drug-likeness (QED) is 0.245. The highest BCUT2D eigenvalue weighted by atomic mass is 79.9. The monoisotopic (exact) mass is 570 g/mol. The number of ketones is 1. The van der Waals surface area contributed by atoms with Gasteiger partial charge in [-0.25, -0.2) is 0 Å². The van der Waals surface area contributed by atoms with E-state index in [1.165, 1.54) is 10.8 Å². The molecule has 0 saturated carbocycles. The molecule has 1 atom stereocenters. The molecule has 0 radical (unpaired) electrons. The van der Waals surface area contributed by atoms with Crippen LogP contribution in [0.25, 0.3) is 10.8 Å². The Morgan fingerprint density at radius 2 is 1.57 bits per heavy atom. The Balaban J connectivity index is 1.65. The molecule has 37 heavy (non-hydrogen) atoms. The number of fused-ring (bicyclic) bond motifs is 1. The number of hydrogen-bond donors (Lipinski definition) is 0. The van der Waals surface area contributed by atoms with Crippen molar-refractivity contribution < 1.29 is 4.79 Å². The summed E-state index contributed by atoms with van der Waals surface area (Å²) in [6.07, 6.45) is 1.27. The van der Waals surface area contributed by atoms with Crippen LogP contribution in [0.3, 0.4) is 0 Å². The summed E-state index contributed by atoms with van der Waals surface area (Å²) in [5.41, 5.74) is 5.25. The molecule has 0 spiro atoms. The van der Waals surface area contributed by atoms with Crippen molar-refractivity contribution in [2.24, 2.45) is 5.41 Å². The van der Waals surface area contributed by atoms with E-state index in [1.54, 1.807) is 0 Å². The van der Waals surface area contributed by atoms with Gasteiger partial charge in [0.15, 0.2) is 5.78 Å². The first kappa shape index (κ1) is 24.3. The van der Waals surface area contributed by atoms with Gasteiger partial charge in [-0.2, -0.15) is 0 Å². The zero-order valence-corrected chi connectivity index (χ0v) is 23.3. The number of anilines is 2. The van der Waals surface area contributed by atoms with Crippen LogP contribution >= 0.6 is 27.5 Å². The number of rotatable bonds is 3. The van der Waals surface area contributed by atoms with Gasteiger partial charge in [-0.1, -0.05) is 89.9 Å². The highest BCUT2D eigenvalue weighted by molar-refractivity contribution is 9.10. The first-order valence-electron chi connectivity index (χ1n) is 12.6. The van der Waals surface area contributed by atoms with Gasteiger partial charge in [-0.3, -0.25) is 4.79 Å². The Kier molecular flexibility index (Phi) is 6.13. The van der Waals surface area contributed by atoms with Gasteiger partial charge < -0.3 is 9.80 Å². The minimum Gasteiger partial charge on any atom is -0.342 e. The van der Waals surface area contributed by atoms with E-state index >= 15 is 0 Å². The molecular weight excluding hydrogens is 544 g/mol. The lowest BCUT2D eigenvalue weighted by molar-refractivity contribution is -0.118. The van der Waals surface area contributed by atoms with Crippen molar-refractivity contribution in [1.29, 1.82) is 0 Å². The second kappa shape index (κ2) is 9.34. The number of nitrogens with zero attached hydrogens (tertiary/aromatic N) is 2. The normalized spacial score (nSPS) is 19.4. The molecule has 1 unspecified atom stereocenters. The number of halogens is 2.